The fraction of sp³-hybridized carbons (Fsp3) is 0.778. The summed E-state index contributed by atoms with van der Waals surface area (Å²) in [5, 5.41) is 11.0. The Morgan fingerprint density at radius 3 is 3.00 bits per heavy atom. The minimum absolute atomic E-state index is 0.742. The second-order valence-corrected chi connectivity index (χ2v) is 3.15. The summed E-state index contributed by atoms with van der Waals surface area (Å²) in [5.74, 6) is 0.945. The van der Waals surface area contributed by atoms with Crippen molar-refractivity contribution in [2.24, 2.45) is 7.05 Å². The van der Waals surface area contributed by atoms with Gasteiger partial charge in [0.2, 0.25) is 0 Å². The molecule has 1 heterocycles. The van der Waals surface area contributed by atoms with Crippen LogP contribution in [0.15, 0.2) is 6.33 Å². The normalized spacial score (nSPS) is 10.7. The summed E-state index contributed by atoms with van der Waals surface area (Å²) < 4.78 is 7.23. The van der Waals surface area contributed by atoms with E-state index in [-0.39, 0.29) is 0 Å². The van der Waals surface area contributed by atoms with E-state index in [1.165, 1.54) is 0 Å². The second-order valence-electron chi connectivity index (χ2n) is 3.15. The SMILES string of the molecule is CCCOCCNCc1nncn1C. The zero-order valence-electron chi connectivity index (χ0n) is 8.86. The summed E-state index contributed by atoms with van der Waals surface area (Å²) in [7, 11) is 1.94. The third-order valence-electron chi connectivity index (χ3n) is 1.86. The van der Waals surface area contributed by atoms with Gasteiger partial charge >= 0.3 is 0 Å². The zero-order chi connectivity index (χ0) is 10.2. The van der Waals surface area contributed by atoms with E-state index in [9.17, 15) is 0 Å². The smallest absolute Gasteiger partial charge is 0.146 e. The minimum Gasteiger partial charge on any atom is -0.380 e. The van der Waals surface area contributed by atoms with Crippen LogP contribution >= 0.6 is 0 Å². The lowest BCUT2D eigenvalue weighted by atomic mass is 10.5. The molecule has 0 fully saturated rings. The number of rotatable bonds is 7. The minimum atomic E-state index is 0.742. The van der Waals surface area contributed by atoms with Gasteiger partial charge in [-0.05, 0) is 6.42 Å². The van der Waals surface area contributed by atoms with E-state index in [2.05, 4.69) is 22.4 Å². The molecule has 1 aromatic rings. The molecule has 1 N–H and O–H groups in total. The summed E-state index contributed by atoms with van der Waals surface area (Å²) in [6, 6.07) is 0. The largest absolute Gasteiger partial charge is 0.380 e. The Bertz CT molecular complexity index is 249. The topological polar surface area (TPSA) is 52.0 Å². The molecule has 80 valence electrons. The standard InChI is InChI=1S/C9H18N4O/c1-3-5-14-6-4-10-7-9-12-11-8-13(9)2/h8,10H,3-7H2,1-2H3. The van der Waals surface area contributed by atoms with Crippen molar-refractivity contribution >= 4 is 0 Å². The quantitative estimate of drug-likeness (QED) is 0.642. The Labute approximate surface area is 84.5 Å². The van der Waals surface area contributed by atoms with E-state index in [0.717, 1.165) is 38.5 Å². The fourth-order valence-corrected chi connectivity index (χ4v) is 1.06. The van der Waals surface area contributed by atoms with Crippen molar-refractivity contribution in [3.05, 3.63) is 12.2 Å². The molecule has 0 atom stereocenters. The monoisotopic (exact) mass is 198 g/mol. The molecule has 0 aliphatic carbocycles. The van der Waals surface area contributed by atoms with Gasteiger partial charge in [0.1, 0.15) is 12.2 Å². The van der Waals surface area contributed by atoms with Gasteiger partial charge in [-0.15, -0.1) is 10.2 Å². The molecule has 5 nitrogen and oxygen atoms in total. The second kappa shape index (κ2) is 6.50. The first-order valence-electron chi connectivity index (χ1n) is 4.96. The molecule has 0 spiro atoms. The van der Waals surface area contributed by atoms with Gasteiger partial charge in [0.25, 0.3) is 0 Å². The number of aryl methyl sites for hydroxylation is 1. The van der Waals surface area contributed by atoms with Crippen molar-refractivity contribution < 1.29 is 4.74 Å². The molecular weight excluding hydrogens is 180 g/mol. The number of nitrogens with one attached hydrogen (secondary N) is 1. The molecule has 5 heteroatoms. The molecule has 14 heavy (non-hydrogen) atoms. The van der Waals surface area contributed by atoms with Crippen LogP contribution in [0, 0.1) is 0 Å². The molecular formula is C9H18N4O. The highest BCUT2D eigenvalue weighted by Gasteiger charge is 1.98. The number of hydrogen-bond donors (Lipinski definition) is 1. The molecule has 0 aromatic carbocycles. The number of ether oxygens (including phenoxy) is 1. The van der Waals surface area contributed by atoms with Crippen LogP contribution in [0.2, 0.25) is 0 Å². The van der Waals surface area contributed by atoms with E-state index in [4.69, 9.17) is 4.74 Å². The van der Waals surface area contributed by atoms with Gasteiger partial charge in [-0.1, -0.05) is 6.92 Å². The van der Waals surface area contributed by atoms with E-state index in [1.807, 2.05) is 11.6 Å². The van der Waals surface area contributed by atoms with Crippen molar-refractivity contribution in [1.82, 2.24) is 20.1 Å². The third kappa shape index (κ3) is 3.85. The van der Waals surface area contributed by atoms with Gasteiger partial charge in [-0.25, -0.2) is 0 Å². The van der Waals surface area contributed by atoms with Gasteiger partial charge in [0.05, 0.1) is 13.2 Å². The number of hydrogen-bond acceptors (Lipinski definition) is 4. The van der Waals surface area contributed by atoms with Crippen molar-refractivity contribution in [1.29, 1.82) is 0 Å². The Balaban J connectivity index is 2.02. The Kier molecular flexibility index (Phi) is 5.17. The predicted octanol–water partition coefficient (Wildman–Crippen LogP) is 0.331. The van der Waals surface area contributed by atoms with Crippen molar-refractivity contribution in [3.8, 4) is 0 Å². The van der Waals surface area contributed by atoms with Crippen LogP contribution in [0.25, 0.3) is 0 Å². The van der Waals surface area contributed by atoms with Crippen LogP contribution in [0.1, 0.15) is 19.2 Å². The van der Waals surface area contributed by atoms with Gasteiger partial charge in [0, 0.05) is 20.2 Å². The molecule has 0 aliphatic rings. The lowest BCUT2D eigenvalue weighted by Crippen LogP contribution is -2.21. The number of nitrogens with zero attached hydrogens (tertiary/aromatic N) is 3. The first-order valence-corrected chi connectivity index (χ1v) is 4.96. The van der Waals surface area contributed by atoms with Gasteiger partial charge in [0.15, 0.2) is 0 Å². The van der Waals surface area contributed by atoms with Gasteiger partial charge in [-0.3, -0.25) is 0 Å². The molecule has 1 aromatic heterocycles. The average Bonchev–Trinajstić information content (AvgIpc) is 2.58. The van der Waals surface area contributed by atoms with Crippen molar-refractivity contribution in [2.45, 2.75) is 19.9 Å². The van der Waals surface area contributed by atoms with Crippen LogP contribution in [-0.4, -0.2) is 34.5 Å². The first kappa shape index (κ1) is 11.1. The highest BCUT2D eigenvalue weighted by molar-refractivity contribution is 4.82. The highest BCUT2D eigenvalue weighted by Crippen LogP contribution is 1.89. The fourth-order valence-electron chi connectivity index (χ4n) is 1.06. The Morgan fingerprint density at radius 2 is 2.36 bits per heavy atom. The summed E-state index contributed by atoms with van der Waals surface area (Å²) >= 11 is 0. The maximum Gasteiger partial charge on any atom is 0.146 e. The molecule has 0 saturated heterocycles. The molecule has 0 saturated carbocycles. The van der Waals surface area contributed by atoms with Crippen LogP contribution in [-0.2, 0) is 18.3 Å². The lowest BCUT2D eigenvalue weighted by Gasteiger charge is -2.04. The van der Waals surface area contributed by atoms with Crippen molar-refractivity contribution in [2.75, 3.05) is 19.8 Å². The van der Waals surface area contributed by atoms with Gasteiger partial charge in [-0.2, -0.15) is 0 Å². The van der Waals surface area contributed by atoms with Gasteiger partial charge < -0.3 is 14.6 Å². The van der Waals surface area contributed by atoms with E-state index >= 15 is 0 Å². The summed E-state index contributed by atoms with van der Waals surface area (Å²) in [6.45, 7) is 5.29. The maximum absolute atomic E-state index is 5.33. The summed E-state index contributed by atoms with van der Waals surface area (Å²) in [5.41, 5.74) is 0. The molecule has 0 bridgehead atoms. The Hall–Kier alpha value is -0.940. The highest BCUT2D eigenvalue weighted by atomic mass is 16.5. The molecule has 0 unspecified atom stereocenters. The predicted molar refractivity (Wildman–Crippen MR) is 53.8 cm³/mol. The van der Waals surface area contributed by atoms with Crippen LogP contribution in [0.5, 0.6) is 0 Å². The first-order chi connectivity index (χ1) is 6.84. The third-order valence-corrected chi connectivity index (χ3v) is 1.86. The van der Waals surface area contributed by atoms with Crippen LogP contribution in [0.4, 0.5) is 0 Å². The van der Waals surface area contributed by atoms with E-state index in [0.29, 0.717) is 0 Å². The maximum atomic E-state index is 5.33. The van der Waals surface area contributed by atoms with Crippen LogP contribution < -0.4 is 5.32 Å². The molecule has 0 radical (unpaired) electrons. The molecule has 1 rings (SSSR count). The zero-order valence-corrected chi connectivity index (χ0v) is 8.86. The number of aromatic nitrogens is 3. The molecule has 0 amide bonds. The molecule has 0 aliphatic heterocycles. The summed E-state index contributed by atoms with van der Waals surface area (Å²) in [6.07, 6.45) is 2.77. The lowest BCUT2D eigenvalue weighted by molar-refractivity contribution is 0.136. The average molecular weight is 198 g/mol. The Morgan fingerprint density at radius 1 is 1.50 bits per heavy atom. The summed E-state index contributed by atoms with van der Waals surface area (Å²) in [4.78, 5) is 0. The van der Waals surface area contributed by atoms with E-state index < -0.39 is 0 Å². The van der Waals surface area contributed by atoms with Crippen molar-refractivity contribution in [3.63, 3.8) is 0 Å². The van der Waals surface area contributed by atoms with Crippen LogP contribution in [0.3, 0.4) is 0 Å². The van der Waals surface area contributed by atoms with E-state index in [1.54, 1.807) is 6.33 Å².